The molecule has 0 bridgehead atoms. The summed E-state index contributed by atoms with van der Waals surface area (Å²) in [6, 6.07) is -1.57. The molecule has 0 aromatic carbocycles. The summed E-state index contributed by atoms with van der Waals surface area (Å²) in [5.41, 5.74) is 5.51. The number of amides is 3. The van der Waals surface area contributed by atoms with Gasteiger partial charge in [0.05, 0.1) is 5.69 Å². The SMILES string of the molecule is CC(C(=O)NC(N)=O)n1cc(CCCO)nn1. The van der Waals surface area contributed by atoms with E-state index in [9.17, 15) is 9.59 Å². The van der Waals surface area contributed by atoms with Crippen LogP contribution >= 0.6 is 0 Å². The lowest BCUT2D eigenvalue weighted by Crippen LogP contribution is -2.39. The molecule has 1 unspecified atom stereocenters. The van der Waals surface area contributed by atoms with Crippen molar-refractivity contribution >= 4 is 11.9 Å². The third kappa shape index (κ3) is 3.83. The molecule has 4 N–H and O–H groups in total. The van der Waals surface area contributed by atoms with E-state index in [1.165, 1.54) is 4.68 Å². The molecule has 1 rings (SSSR count). The van der Waals surface area contributed by atoms with Crippen molar-refractivity contribution in [3.8, 4) is 0 Å². The summed E-state index contributed by atoms with van der Waals surface area (Å²) in [5.74, 6) is -0.545. The number of aliphatic hydroxyl groups excluding tert-OH is 1. The molecule has 0 aliphatic rings. The summed E-state index contributed by atoms with van der Waals surface area (Å²) in [5, 5.41) is 18.2. The molecule has 8 nitrogen and oxygen atoms in total. The number of aromatic nitrogens is 3. The Kier molecular flexibility index (Phi) is 4.58. The summed E-state index contributed by atoms with van der Waals surface area (Å²) >= 11 is 0. The standard InChI is InChI=1S/C9H15N5O3/c1-6(8(16)11-9(10)17)14-5-7(12-13-14)3-2-4-15/h5-6,15H,2-4H2,1H3,(H3,10,11,16,17). The highest BCUT2D eigenvalue weighted by atomic mass is 16.3. The molecule has 0 spiro atoms. The van der Waals surface area contributed by atoms with Gasteiger partial charge in [-0.3, -0.25) is 10.1 Å². The minimum absolute atomic E-state index is 0.0740. The molecule has 0 saturated carbocycles. The molecule has 0 aliphatic heterocycles. The Morgan fingerprint density at radius 1 is 1.65 bits per heavy atom. The van der Waals surface area contributed by atoms with E-state index in [1.54, 1.807) is 13.1 Å². The Labute approximate surface area is 97.8 Å². The first-order valence-electron chi connectivity index (χ1n) is 5.16. The zero-order valence-corrected chi connectivity index (χ0v) is 9.46. The third-order valence-electron chi connectivity index (χ3n) is 2.17. The van der Waals surface area contributed by atoms with Crippen LogP contribution in [0, 0.1) is 0 Å². The number of aryl methyl sites for hydroxylation is 1. The summed E-state index contributed by atoms with van der Waals surface area (Å²) in [4.78, 5) is 21.9. The van der Waals surface area contributed by atoms with Gasteiger partial charge in [-0.2, -0.15) is 0 Å². The smallest absolute Gasteiger partial charge is 0.318 e. The molecule has 1 aromatic heterocycles. The monoisotopic (exact) mass is 241 g/mol. The molecule has 1 atom stereocenters. The van der Waals surface area contributed by atoms with E-state index < -0.39 is 18.0 Å². The summed E-state index contributed by atoms with van der Waals surface area (Å²) < 4.78 is 1.34. The summed E-state index contributed by atoms with van der Waals surface area (Å²) in [7, 11) is 0. The maximum absolute atomic E-state index is 11.4. The van der Waals surface area contributed by atoms with Gasteiger partial charge in [-0.25, -0.2) is 9.48 Å². The lowest BCUT2D eigenvalue weighted by Gasteiger charge is -2.09. The number of nitrogens with one attached hydrogen (secondary N) is 1. The van der Waals surface area contributed by atoms with E-state index in [2.05, 4.69) is 10.3 Å². The number of nitrogens with zero attached hydrogens (tertiary/aromatic N) is 3. The van der Waals surface area contributed by atoms with Gasteiger partial charge >= 0.3 is 6.03 Å². The molecule has 17 heavy (non-hydrogen) atoms. The van der Waals surface area contributed by atoms with Crippen molar-refractivity contribution in [3.63, 3.8) is 0 Å². The van der Waals surface area contributed by atoms with Gasteiger partial charge < -0.3 is 10.8 Å². The molecule has 1 heterocycles. The summed E-state index contributed by atoms with van der Waals surface area (Å²) in [6.07, 6.45) is 2.77. The van der Waals surface area contributed by atoms with Crippen molar-refractivity contribution in [3.05, 3.63) is 11.9 Å². The Balaban J connectivity index is 2.62. The van der Waals surface area contributed by atoms with E-state index in [0.717, 1.165) is 0 Å². The first-order valence-corrected chi connectivity index (χ1v) is 5.16. The van der Waals surface area contributed by atoms with Crippen molar-refractivity contribution in [2.75, 3.05) is 6.61 Å². The number of hydrogen-bond donors (Lipinski definition) is 3. The van der Waals surface area contributed by atoms with Crippen molar-refractivity contribution in [2.24, 2.45) is 5.73 Å². The van der Waals surface area contributed by atoms with Crippen molar-refractivity contribution in [1.82, 2.24) is 20.3 Å². The highest BCUT2D eigenvalue weighted by molar-refractivity contribution is 5.95. The van der Waals surface area contributed by atoms with Crippen LogP contribution in [0.2, 0.25) is 0 Å². The molecule has 1 aromatic rings. The lowest BCUT2D eigenvalue weighted by atomic mass is 10.2. The molecule has 0 fully saturated rings. The zero-order valence-electron chi connectivity index (χ0n) is 9.46. The van der Waals surface area contributed by atoms with Gasteiger partial charge in [0, 0.05) is 12.8 Å². The minimum Gasteiger partial charge on any atom is -0.396 e. The molecule has 94 valence electrons. The van der Waals surface area contributed by atoms with Gasteiger partial charge in [-0.15, -0.1) is 5.10 Å². The number of nitrogens with two attached hydrogens (primary N) is 1. The van der Waals surface area contributed by atoms with Gasteiger partial charge in [0.1, 0.15) is 6.04 Å². The van der Waals surface area contributed by atoms with Gasteiger partial charge in [0.25, 0.3) is 5.91 Å². The number of imide groups is 1. The fraction of sp³-hybridized carbons (Fsp3) is 0.556. The average Bonchev–Trinajstić information content (AvgIpc) is 2.72. The van der Waals surface area contributed by atoms with Crippen LogP contribution in [0.25, 0.3) is 0 Å². The number of rotatable bonds is 5. The van der Waals surface area contributed by atoms with Gasteiger partial charge in [-0.1, -0.05) is 5.21 Å². The normalized spacial score (nSPS) is 12.1. The summed E-state index contributed by atoms with van der Waals surface area (Å²) in [6.45, 7) is 1.65. The Hall–Kier alpha value is -1.96. The fourth-order valence-electron chi connectivity index (χ4n) is 1.22. The maximum Gasteiger partial charge on any atom is 0.318 e. The van der Waals surface area contributed by atoms with Crippen LogP contribution in [0.3, 0.4) is 0 Å². The molecule has 0 aliphatic carbocycles. The molecule has 0 saturated heterocycles. The van der Waals surface area contributed by atoms with Crippen LogP contribution in [0.15, 0.2) is 6.20 Å². The number of carbonyl (C=O) groups is 2. The van der Waals surface area contributed by atoms with Gasteiger partial charge in [-0.05, 0) is 19.8 Å². The zero-order chi connectivity index (χ0) is 12.8. The average molecular weight is 241 g/mol. The molecule has 0 radical (unpaired) electrons. The predicted octanol–water partition coefficient (Wildman–Crippen LogP) is -1.04. The number of hydrogen-bond acceptors (Lipinski definition) is 5. The van der Waals surface area contributed by atoms with E-state index in [1.807, 2.05) is 5.32 Å². The molecular formula is C9H15N5O3. The fourth-order valence-corrected chi connectivity index (χ4v) is 1.22. The van der Waals surface area contributed by atoms with Crippen LogP contribution in [-0.2, 0) is 11.2 Å². The molecule has 8 heteroatoms. The quantitative estimate of drug-likeness (QED) is 0.607. The number of carbonyl (C=O) groups excluding carboxylic acids is 2. The topological polar surface area (TPSA) is 123 Å². The second kappa shape index (κ2) is 5.94. The van der Waals surface area contributed by atoms with Crippen LogP contribution in [0.1, 0.15) is 25.1 Å². The largest absolute Gasteiger partial charge is 0.396 e. The Morgan fingerprint density at radius 2 is 2.35 bits per heavy atom. The maximum atomic E-state index is 11.4. The highest BCUT2D eigenvalue weighted by Gasteiger charge is 2.17. The Bertz CT molecular complexity index is 403. The van der Waals surface area contributed by atoms with Crippen LogP contribution in [0.4, 0.5) is 4.79 Å². The number of urea groups is 1. The van der Waals surface area contributed by atoms with Gasteiger partial charge in [0.2, 0.25) is 0 Å². The number of aliphatic hydroxyl groups is 1. The van der Waals surface area contributed by atoms with Crippen LogP contribution in [0.5, 0.6) is 0 Å². The van der Waals surface area contributed by atoms with Crippen LogP contribution in [-0.4, -0.2) is 38.6 Å². The van der Waals surface area contributed by atoms with Gasteiger partial charge in [0.15, 0.2) is 0 Å². The predicted molar refractivity (Wildman–Crippen MR) is 57.9 cm³/mol. The molecule has 3 amide bonds. The van der Waals surface area contributed by atoms with E-state index in [0.29, 0.717) is 18.5 Å². The van der Waals surface area contributed by atoms with Crippen molar-refractivity contribution in [1.29, 1.82) is 0 Å². The molecular weight excluding hydrogens is 226 g/mol. The van der Waals surface area contributed by atoms with Crippen LogP contribution < -0.4 is 11.1 Å². The van der Waals surface area contributed by atoms with E-state index in [4.69, 9.17) is 10.8 Å². The first-order chi connectivity index (χ1) is 8.04. The minimum atomic E-state index is -0.900. The van der Waals surface area contributed by atoms with E-state index in [-0.39, 0.29) is 6.61 Å². The second-order valence-electron chi connectivity index (χ2n) is 3.55. The first kappa shape index (κ1) is 13.1. The third-order valence-corrected chi connectivity index (χ3v) is 2.17. The lowest BCUT2D eigenvalue weighted by molar-refractivity contribution is -0.123. The van der Waals surface area contributed by atoms with Crippen molar-refractivity contribution < 1.29 is 14.7 Å². The van der Waals surface area contributed by atoms with E-state index >= 15 is 0 Å². The van der Waals surface area contributed by atoms with Crippen molar-refractivity contribution in [2.45, 2.75) is 25.8 Å². The Morgan fingerprint density at radius 3 is 2.94 bits per heavy atom. The second-order valence-corrected chi connectivity index (χ2v) is 3.55. The number of primary amides is 1. The highest BCUT2D eigenvalue weighted by Crippen LogP contribution is 2.05.